The number of halogens is 1. The second-order valence-electron chi connectivity index (χ2n) is 4.62. The van der Waals surface area contributed by atoms with Gasteiger partial charge >= 0.3 is 5.97 Å². The van der Waals surface area contributed by atoms with Crippen molar-refractivity contribution in [3.05, 3.63) is 33.8 Å². The molecule has 5 nitrogen and oxygen atoms in total. The van der Waals surface area contributed by atoms with Gasteiger partial charge in [0.1, 0.15) is 0 Å². The van der Waals surface area contributed by atoms with Crippen LogP contribution in [0.3, 0.4) is 0 Å². The third-order valence-corrected chi connectivity index (χ3v) is 3.55. The lowest BCUT2D eigenvalue weighted by Gasteiger charge is -2.18. The zero-order chi connectivity index (χ0) is 14.6. The topological polar surface area (TPSA) is 86.6 Å². The number of carboxylic acids is 1. The number of hydrogen-bond acceptors (Lipinski definition) is 3. The Morgan fingerprint density at radius 3 is 2.58 bits per heavy atom. The first-order chi connectivity index (χ1) is 8.72. The van der Waals surface area contributed by atoms with Crippen molar-refractivity contribution in [2.24, 2.45) is 0 Å². The molecule has 0 heterocycles. The largest absolute Gasteiger partial charge is 0.479 e. The van der Waals surface area contributed by atoms with Crippen LogP contribution in [-0.2, 0) is 16.0 Å². The number of hydrogen-bond donors (Lipinski definition) is 3. The average Bonchev–Trinajstić information content (AvgIpc) is 2.31. The van der Waals surface area contributed by atoms with Crippen LogP contribution in [-0.4, -0.2) is 34.2 Å². The van der Waals surface area contributed by atoms with Gasteiger partial charge in [-0.05, 0) is 31.0 Å². The Bertz CT molecular complexity index is 499. The fourth-order valence-electron chi connectivity index (χ4n) is 1.34. The van der Waals surface area contributed by atoms with Gasteiger partial charge in [0.05, 0.1) is 13.0 Å². The van der Waals surface area contributed by atoms with Crippen molar-refractivity contribution < 1.29 is 19.8 Å². The molecule has 0 aromatic heterocycles. The summed E-state index contributed by atoms with van der Waals surface area (Å²) in [7, 11) is 0. The van der Waals surface area contributed by atoms with Crippen LogP contribution in [0.5, 0.6) is 0 Å². The molecule has 1 aromatic carbocycles. The van der Waals surface area contributed by atoms with Crippen molar-refractivity contribution in [1.82, 2.24) is 5.32 Å². The molecular formula is C13H16BrNO4. The Hall–Kier alpha value is -1.40. The number of rotatable bonds is 5. The van der Waals surface area contributed by atoms with Crippen molar-refractivity contribution in [2.75, 3.05) is 6.54 Å². The summed E-state index contributed by atoms with van der Waals surface area (Å²) in [5.74, 6) is -1.71. The fraction of sp³-hybridized carbons (Fsp3) is 0.385. The van der Waals surface area contributed by atoms with Gasteiger partial charge in [-0.2, -0.15) is 0 Å². The molecule has 1 atom stereocenters. The number of carboxylic acid groups (broad SMARTS) is 1. The van der Waals surface area contributed by atoms with E-state index in [-0.39, 0.29) is 18.9 Å². The summed E-state index contributed by atoms with van der Waals surface area (Å²) in [6.07, 6.45) is 0.134. The van der Waals surface area contributed by atoms with E-state index in [4.69, 9.17) is 5.11 Å². The number of nitrogens with one attached hydrogen (secondary N) is 1. The van der Waals surface area contributed by atoms with Crippen LogP contribution in [0.4, 0.5) is 0 Å². The Balaban J connectivity index is 2.56. The molecule has 0 saturated heterocycles. The molecule has 3 N–H and O–H groups in total. The molecule has 0 bridgehead atoms. The minimum Gasteiger partial charge on any atom is -0.479 e. The summed E-state index contributed by atoms with van der Waals surface area (Å²) in [4.78, 5) is 22.3. The van der Waals surface area contributed by atoms with E-state index in [1.54, 1.807) is 0 Å². The van der Waals surface area contributed by atoms with Crippen LogP contribution in [0.15, 0.2) is 22.7 Å². The number of carbonyl (C=O) groups excluding carboxylic acids is 1. The van der Waals surface area contributed by atoms with Crippen LogP contribution < -0.4 is 5.32 Å². The minimum absolute atomic E-state index is 0.134. The maximum atomic E-state index is 11.6. The van der Waals surface area contributed by atoms with Crippen molar-refractivity contribution in [3.8, 4) is 0 Å². The Labute approximate surface area is 119 Å². The molecule has 1 aromatic rings. The highest BCUT2D eigenvalue weighted by Gasteiger charge is 2.30. The first-order valence-corrected chi connectivity index (χ1v) is 6.49. The van der Waals surface area contributed by atoms with Gasteiger partial charge in [0.25, 0.3) is 0 Å². The van der Waals surface area contributed by atoms with Crippen LogP contribution in [0.2, 0.25) is 0 Å². The van der Waals surface area contributed by atoms with E-state index in [1.807, 2.05) is 25.1 Å². The summed E-state index contributed by atoms with van der Waals surface area (Å²) < 4.78 is 0.912. The Morgan fingerprint density at radius 2 is 2.05 bits per heavy atom. The van der Waals surface area contributed by atoms with Gasteiger partial charge < -0.3 is 15.5 Å². The smallest absolute Gasteiger partial charge is 0.337 e. The van der Waals surface area contributed by atoms with Crippen molar-refractivity contribution in [3.63, 3.8) is 0 Å². The van der Waals surface area contributed by atoms with Crippen molar-refractivity contribution >= 4 is 27.8 Å². The van der Waals surface area contributed by atoms with Crippen LogP contribution >= 0.6 is 15.9 Å². The average molecular weight is 330 g/mol. The van der Waals surface area contributed by atoms with Crippen molar-refractivity contribution in [2.45, 2.75) is 25.9 Å². The van der Waals surface area contributed by atoms with E-state index in [1.165, 1.54) is 0 Å². The molecule has 0 aliphatic carbocycles. The number of benzene rings is 1. The monoisotopic (exact) mass is 329 g/mol. The molecule has 0 radical (unpaired) electrons. The van der Waals surface area contributed by atoms with Gasteiger partial charge in [0, 0.05) is 4.47 Å². The highest BCUT2D eigenvalue weighted by Crippen LogP contribution is 2.17. The minimum atomic E-state index is -1.95. The Kier molecular flexibility index (Phi) is 5.08. The third-order valence-electron chi connectivity index (χ3n) is 2.69. The molecular weight excluding hydrogens is 314 g/mol. The van der Waals surface area contributed by atoms with E-state index < -0.39 is 11.6 Å². The first kappa shape index (κ1) is 15.7. The fourth-order valence-corrected chi connectivity index (χ4v) is 1.77. The number of aryl methyl sites for hydroxylation is 1. The van der Waals surface area contributed by atoms with Crippen molar-refractivity contribution in [1.29, 1.82) is 0 Å². The molecule has 0 saturated carbocycles. The lowest BCUT2D eigenvalue weighted by atomic mass is 10.1. The predicted octanol–water partition coefficient (Wildman–Crippen LogP) is 1.25. The molecule has 0 aliphatic heterocycles. The van der Waals surface area contributed by atoms with Gasteiger partial charge in [0.15, 0.2) is 5.60 Å². The van der Waals surface area contributed by atoms with Gasteiger partial charge in [-0.3, -0.25) is 4.79 Å². The van der Waals surface area contributed by atoms with Gasteiger partial charge in [-0.15, -0.1) is 0 Å². The van der Waals surface area contributed by atoms with E-state index >= 15 is 0 Å². The summed E-state index contributed by atoms with van der Waals surface area (Å²) in [6.45, 7) is 2.75. The molecule has 19 heavy (non-hydrogen) atoms. The molecule has 0 spiro atoms. The lowest BCUT2D eigenvalue weighted by Crippen LogP contribution is -2.46. The molecule has 104 valence electrons. The van der Waals surface area contributed by atoms with Gasteiger partial charge in [-0.25, -0.2) is 4.79 Å². The van der Waals surface area contributed by atoms with Gasteiger partial charge in [0.2, 0.25) is 5.91 Å². The molecule has 6 heteroatoms. The third kappa shape index (κ3) is 4.65. The molecule has 0 fully saturated rings. The quantitative estimate of drug-likeness (QED) is 0.758. The maximum Gasteiger partial charge on any atom is 0.337 e. The summed E-state index contributed by atoms with van der Waals surface area (Å²) in [5.41, 5.74) is -0.0771. The normalized spacial score (nSPS) is 13.7. The maximum absolute atomic E-state index is 11.6. The van der Waals surface area contributed by atoms with E-state index in [9.17, 15) is 14.7 Å². The second kappa shape index (κ2) is 6.16. The van der Waals surface area contributed by atoms with Gasteiger partial charge in [-0.1, -0.05) is 28.1 Å². The molecule has 1 rings (SSSR count). The number of amides is 1. The zero-order valence-electron chi connectivity index (χ0n) is 10.7. The number of aliphatic carboxylic acids is 1. The van der Waals surface area contributed by atoms with Crippen LogP contribution in [0.1, 0.15) is 18.1 Å². The van der Waals surface area contributed by atoms with E-state index in [2.05, 4.69) is 21.2 Å². The second-order valence-corrected chi connectivity index (χ2v) is 5.47. The highest BCUT2D eigenvalue weighted by atomic mass is 79.9. The predicted molar refractivity (Wildman–Crippen MR) is 73.9 cm³/mol. The zero-order valence-corrected chi connectivity index (χ0v) is 12.3. The highest BCUT2D eigenvalue weighted by molar-refractivity contribution is 9.10. The summed E-state index contributed by atoms with van der Waals surface area (Å²) in [6, 6.07) is 5.55. The standard InChI is InChI=1S/C13H16BrNO4/c1-8-3-4-9(5-10(8)14)6-11(16)15-7-13(2,19)12(17)18/h3-5,19H,6-7H2,1-2H3,(H,15,16)(H,17,18). The first-order valence-electron chi connectivity index (χ1n) is 5.70. The molecule has 0 aliphatic rings. The lowest BCUT2D eigenvalue weighted by molar-refractivity contribution is -0.156. The molecule has 1 amide bonds. The number of carbonyl (C=O) groups is 2. The van der Waals surface area contributed by atoms with E-state index in [0.717, 1.165) is 22.5 Å². The molecule has 1 unspecified atom stereocenters. The SMILES string of the molecule is Cc1ccc(CC(=O)NCC(C)(O)C(=O)O)cc1Br. The summed E-state index contributed by atoms with van der Waals surface area (Å²) >= 11 is 3.38. The van der Waals surface area contributed by atoms with Crippen LogP contribution in [0, 0.1) is 6.92 Å². The Morgan fingerprint density at radius 1 is 1.42 bits per heavy atom. The number of aliphatic hydroxyl groups is 1. The summed E-state index contributed by atoms with van der Waals surface area (Å²) in [5, 5.41) is 20.6. The van der Waals surface area contributed by atoms with Crippen LogP contribution in [0.25, 0.3) is 0 Å². The van der Waals surface area contributed by atoms with E-state index in [0.29, 0.717) is 0 Å².